The van der Waals surface area contributed by atoms with Gasteiger partial charge in [0.05, 0.1) is 30.8 Å². The van der Waals surface area contributed by atoms with E-state index in [4.69, 9.17) is 4.74 Å². The Bertz CT molecular complexity index is 534. The van der Waals surface area contributed by atoms with Crippen LogP contribution in [-0.4, -0.2) is 43.3 Å². The Labute approximate surface area is 116 Å². The molecule has 0 atom stereocenters. The monoisotopic (exact) mass is 276 g/mol. The number of anilines is 1. The van der Waals surface area contributed by atoms with Gasteiger partial charge in [0.15, 0.2) is 5.06 Å². The average molecular weight is 276 g/mol. The molecule has 0 unspecified atom stereocenters. The molecule has 1 saturated heterocycles. The van der Waals surface area contributed by atoms with E-state index in [0.29, 0.717) is 0 Å². The number of piperazine rings is 1. The molecule has 3 heterocycles. The molecule has 2 aromatic heterocycles. The van der Waals surface area contributed by atoms with Gasteiger partial charge in [0.25, 0.3) is 0 Å². The van der Waals surface area contributed by atoms with Crippen LogP contribution in [0.15, 0.2) is 23.8 Å². The topological polar surface area (TPSA) is 50.3 Å². The van der Waals surface area contributed by atoms with Crippen molar-refractivity contribution >= 4 is 17.2 Å². The highest BCUT2D eigenvalue weighted by Crippen LogP contribution is 2.33. The van der Waals surface area contributed by atoms with Crippen LogP contribution >= 0.6 is 11.3 Å². The van der Waals surface area contributed by atoms with Crippen molar-refractivity contribution in [1.82, 2.24) is 15.3 Å². The Balaban J connectivity index is 1.82. The maximum atomic E-state index is 5.32. The molecule has 1 aliphatic heterocycles. The summed E-state index contributed by atoms with van der Waals surface area (Å²) in [6.45, 7) is 3.97. The SMILES string of the molecule is COc1sccc1-c1cnc(N2CCNCC2)cn1. The van der Waals surface area contributed by atoms with Crippen molar-refractivity contribution in [2.45, 2.75) is 0 Å². The van der Waals surface area contributed by atoms with Gasteiger partial charge in [-0.15, -0.1) is 11.3 Å². The first-order valence-electron chi connectivity index (χ1n) is 6.28. The summed E-state index contributed by atoms with van der Waals surface area (Å²) in [5.41, 5.74) is 1.86. The molecule has 0 aromatic carbocycles. The molecule has 0 aliphatic carbocycles. The molecular weight excluding hydrogens is 260 g/mol. The van der Waals surface area contributed by atoms with Crippen molar-refractivity contribution in [3.63, 3.8) is 0 Å². The van der Waals surface area contributed by atoms with Crippen LogP contribution in [0.3, 0.4) is 0 Å². The Morgan fingerprint density at radius 3 is 2.79 bits per heavy atom. The second kappa shape index (κ2) is 5.54. The van der Waals surface area contributed by atoms with Gasteiger partial charge in [0.1, 0.15) is 5.82 Å². The molecule has 0 spiro atoms. The fourth-order valence-corrected chi connectivity index (χ4v) is 2.88. The van der Waals surface area contributed by atoms with E-state index in [1.807, 2.05) is 23.8 Å². The number of thiophene rings is 1. The molecule has 1 fully saturated rings. The summed E-state index contributed by atoms with van der Waals surface area (Å²) in [7, 11) is 1.68. The highest BCUT2D eigenvalue weighted by Gasteiger charge is 2.13. The Kier molecular flexibility index (Phi) is 3.61. The molecule has 2 aromatic rings. The molecule has 0 bridgehead atoms. The summed E-state index contributed by atoms with van der Waals surface area (Å²) in [5, 5.41) is 6.21. The van der Waals surface area contributed by atoms with Crippen LogP contribution in [0.2, 0.25) is 0 Å². The van der Waals surface area contributed by atoms with Crippen LogP contribution in [0.5, 0.6) is 5.06 Å². The van der Waals surface area contributed by atoms with E-state index in [1.165, 1.54) is 0 Å². The molecular formula is C13H16N4OS. The van der Waals surface area contributed by atoms with Crippen molar-refractivity contribution in [3.8, 4) is 16.3 Å². The third-order valence-corrected chi connectivity index (χ3v) is 4.04. The summed E-state index contributed by atoms with van der Waals surface area (Å²) in [4.78, 5) is 11.3. The lowest BCUT2D eigenvalue weighted by molar-refractivity contribution is 0.428. The third kappa shape index (κ3) is 2.54. The summed E-state index contributed by atoms with van der Waals surface area (Å²) >= 11 is 1.57. The van der Waals surface area contributed by atoms with E-state index in [-0.39, 0.29) is 0 Å². The van der Waals surface area contributed by atoms with Gasteiger partial charge in [0.2, 0.25) is 0 Å². The predicted molar refractivity (Wildman–Crippen MR) is 77.0 cm³/mol. The molecule has 3 rings (SSSR count). The van der Waals surface area contributed by atoms with E-state index in [2.05, 4.69) is 20.2 Å². The molecule has 100 valence electrons. The maximum absolute atomic E-state index is 5.32. The lowest BCUT2D eigenvalue weighted by atomic mass is 10.2. The largest absolute Gasteiger partial charge is 0.487 e. The van der Waals surface area contributed by atoms with Gasteiger partial charge in [-0.25, -0.2) is 4.98 Å². The number of methoxy groups -OCH3 is 1. The zero-order chi connectivity index (χ0) is 13.1. The van der Waals surface area contributed by atoms with E-state index >= 15 is 0 Å². The normalized spacial score (nSPS) is 15.5. The number of nitrogens with zero attached hydrogens (tertiary/aromatic N) is 3. The van der Waals surface area contributed by atoms with Crippen LogP contribution in [-0.2, 0) is 0 Å². The third-order valence-electron chi connectivity index (χ3n) is 3.17. The first-order chi connectivity index (χ1) is 9.38. The quantitative estimate of drug-likeness (QED) is 0.923. The molecule has 19 heavy (non-hydrogen) atoms. The average Bonchev–Trinajstić information content (AvgIpc) is 2.97. The van der Waals surface area contributed by atoms with Crippen molar-refractivity contribution in [2.24, 2.45) is 0 Å². The molecule has 0 radical (unpaired) electrons. The molecule has 1 N–H and O–H groups in total. The maximum Gasteiger partial charge on any atom is 0.182 e. The van der Waals surface area contributed by atoms with Crippen molar-refractivity contribution in [2.75, 3.05) is 38.2 Å². The highest BCUT2D eigenvalue weighted by molar-refractivity contribution is 7.12. The number of aromatic nitrogens is 2. The predicted octanol–water partition coefficient (Wildman–Crippen LogP) is 1.62. The molecule has 5 nitrogen and oxygen atoms in total. The lowest BCUT2D eigenvalue weighted by Crippen LogP contribution is -2.43. The van der Waals surface area contributed by atoms with Gasteiger partial charge in [-0.3, -0.25) is 4.98 Å². The number of hydrogen-bond donors (Lipinski definition) is 1. The fourth-order valence-electron chi connectivity index (χ4n) is 2.16. The summed E-state index contributed by atoms with van der Waals surface area (Å²) in [6.07, 6.45) is 3.67. The molecule has 1 aliphatic rings. The lowest BCUT2D eigenvalue weighted by Gasteiger charge is -2.28. The molecule has 0 saturated carbocycles. The number of rotatable bonds is 3. The van der Waals surface area contributed by atoms with Crippen LogP contribution in [0, 0.1) is 0 Å². The zero-order valence-corrected chi connectivity index (χ0v) is 11.6. The van der Waals surface area contributed by atoms with Gasteiger partial charge < -0.3 is 15.0 Å². The Hall–Kier alpha value is -1.66. The van der Waals surface area contributed by atoms with Crippen molar-refractivity contribution in [3.05, 3.63) is 23.8 Å². The number of hydrogen-bond acceptors (Lipinski definition) is 6. The smallest absolute Gasteiger partial charge is 0.182 e. The van der Waals surface area contributed by atoms with Gasteiger partial charge in [-0.1, -0.05) is 0 Å². The van der Waals surface area contributed by atoms with Crippen LogP contribution < -0.4 is 15.0 Å². The molecule has 0 amide bonds. The fraction of sp³-hybridized carbons (Fsp3) is 0.385. The van der Waals surface area contributed by atoms with Crippen LogP contribution in [0.1, 0.15) is 0 Å². The second-order valence-corrected chi connectivity index (χ2v) is 5.20. The van der Waals surface area contributed by atoms with Gasteiger partial charge in [0, 0.05) is 26.2 Å². The minimum atomic E-state index is 0.858. The van der Waals surface area contributed by atoms with Crippen molar-refractivity contribution in [1.29, 1.82) is 0 Å². The Morgan fingerprint density at radius 2 is 2.11 bits per heavy atom. The Morgan fingerprint density at radius 1 is 1.26 bits per heavy atom. The van der Waals surface area contributed by atoms with Crippen molar-refractivity contribution < 1.29 is 4.74 Å². The standard InChI is InChI=1S/C13H16N4OS/c1-18-13-10(2-7-19-13)11-8-16-12(9-15-11)17-5-3-14-4-6-17/h2,7-9,14H,3-6H2,1H3. The summed E-state index contributed by atoms with van der Waals surface area (Å²) < 4.78 is 5.32. The van der Waals surface area contributed by atoms with Gasteiger partial charge >= 0.3 is 0 Å². The zero-order valence-electron chi connectivity index (χ0n) is 10.8. The van der Waals surface area contributed by atoms with Crippen LogP contribution in [0.25, 0.3) is 11.3 Å². The van der Waals surface area contributed by atoms with E-state index < -0.39 is 0 Å². The first kappa shape index (κ1) is 12.4. The van der Waals surface area contributed by atoms with Gasteiger partial charge in [-0.2, -0.15) is 0 Å². The van der Waals surface area contributed by atoms with Gasteiger partial charge in [-0.05, 0) is 11.4 Å². The van der Waals surface area contributed by atoms with E-state index in [0.717, 1.165) is 48.3 Å². The summed E-state index contributed by atoms with van der Waals surface area (Å²) in [6, 6.07) is 2.01. The van der Waals surface area contributed by atoms with E-state index in [9.17, 15) is 0 Å². The minimum Gasteiger partial charge on any atom is -0.487 e. The highest BCUT2D eigenvalue weighted by atomic mass is 32.1. The minimum absolute atomic E-state index is 0.858. The molecule has 6 heteroatoms. The number of nitrogens with one attached hydrogen (secondary N) is 1. The van der Waals surface area contributed by atoms with Crippen LogP contribution in [0.4, 0.5) is 5.82 Å². The van der Waals surface area contributed by atoms with E-state index in [1.54, 1.807) is 18.4 Å². The first-order valence-corrected chi connectivity index (χ1v) is 7.16. The summed E-state index contributed by atoms with van der Waals surface area (Å²) in [5.74, 6) is 0.944. The number of ether oxygens (including phenoxy) is 1. The second-order valence-electron chi connectivity index (χ2n) is 4.32.